The van der Waals surface area contributed by atoms with E-state index < -0.39 is 5.97 Å². The summed E-state index contributed by atoms with van der Waals surface area (Å²) in [5.41, 5.74) is 2.75. The molecule has 3 aromatic rings. The second-order valence-electron chi connectivity index (χ2n) is 5.65. The zero-order chi connectivity index (χ0) is 16.0. The van der Waals surface area contributed by atoms with Crippen molar-refractivity contribution in [2.24, 2.45) is 0 Å². The lowest BCUT2D eigenvalue weighted by molar-refractivity contribution is 0.0695. The maximum atomic E-state index is 11.1. The Kier molecular flexibility index (Phi) is 3.04. The maximum Gasteiger partial charge on any atom is 0.339 e. The van der Waals surface area contributed by atoms with Gasteiger partial charge < -0.3 is 14.4 Å². The Bertz CT molecular complexity index is 917. The van der Waals surface area contributed by atoms with E-state index in [1.54, 1.807) is 6.92 Å². The van der Waals surface area contributed by atoms with E-state index in [1.165, 1.54) is 17.1 Å². The number of benzene rings is 1. The van der Waals surface area contributed by atoms with Crippen LogP contribution in [0.2, 0.25) is 0 Å². The van der Waals surface area contributed by atoms with Crippen LogP contribution in [0.15, 0.2) is 34.9 Å². The summed E-state index contributed by atoms with van der Waals surface area (Å²) in [6.07, 6.45) is 2.23. The van der Waals surface area contributed by atoms with Crippen molar-refractivity contribution < 1.29 is 14.3 Å². The number of furan rings is 1. The van der Waals surface area contributed by atoms with Crippen LogP contribution in [0.1, 0.15) is 27.4 Å². The van der Waals surface area contributed by atoms with Crippen LogP contribution < -0.4 is 4.90 Å². The van der Waals surface area contributed by atoms with E-state index in [0.29, 0.717) is 18.2 Å². The van der Waals surface area contributed by atoms with E-state index in [9.17, 15) is 4.79 Å². The number of carboxylic acid groups (broad SMARTS) is 1. The number of fused-ring (bicyclic) bond motifs is 3. The van der Waals surface area contributed by atoms with Crippen LogP contribution in [-0.2, 0) is 13.0 Å². The van der Waals surface area contributed by atoms with Crippen molar-refractivity contribution in [3.63, 3.8) is 0 Å². The Morgan fingerprint density at radius 3 is 2.96 bits per heavy atom. The van der Waals surface area contributed by atoms with Crippen molar-refractivity contribution in [3.05, 3.63) is 53.0 Å². The maximum absolute atomic E-state index is 11.1. The van der Waals surface area contributed by atoms with Crippen molar-refractivity contribution in [2.45, 2.75) is 19.9 Å². The van der Waals surface area contributed by atoms with E-state index in [1.807, 2.05) is 23.1 Å². The molecule has 0 atom stereocenters. The lowest BCUT2D eigenvalue weighted by Crippen LogP contribution is -2.31. The molecule has 1 N–H and O–H groups in total. The van der Waals surface area contributed by atoms with Gasteiger partial charge in [0.1, 0.15) is 11.3 Å². The lowest BCUT2D eigenvalue weighted by Gasteiger charge is -2.26. The molecular formula is C17H15N3O3. The summed E-state index contributed by atoms with van der Waals surface area (Å²) < 4.78 is 5.94. The highest BCUT2D eigenvalue weighted by molar-refractivity contribution is 5.88. The van der Waals surface area contributed by atoms with Crippen molar-refractivity contribution in [1.29, 1.82) is 0 Å². The van der Waals surface area contributed by atoms with Gasteiger partial charge in [0.25, 0.3) is 0 Å². The first-order valence-corrected chi connectivity index (χ1v) is 7.44. The van der Waals surface area contributed by atoms with Crippen LogP contribution in [0.25, 0.3) is 11.0 Å². The molecule has 0 unspecified atom stereocenters. The molecule has 1 aliphatic rings. The third kappa shape index (κ3) is 2.23. The first kappa shape index (κ1) is 13.8. The Balaban J connectivity index is 1.68. The van der Waals surface area contributed by atoms with Crippen LogP contribution in [0.5, 0.6) is 0 Å². The number of aromatic carboxylic acids is 1. The summed E-state index contributed by atoms with van der Waals surface area (Å²) in [6, 6.07) is 8.03. The highest BCUT2D eigenvalue weighted by Gasteiger charge is 2.24. The Hall–Kier alpha value is -2.89. The largest absolute Gasteiger partial charge is 0.478 e. The average molecular weight is 309 g/mol. The highest BCUT2D eigenvalue weighted by atomic mass is 16.4. The van der Waals surface area contributed by atoms with Crippen molar-refractivity contribution in [1.82, 2.24) is 9.97 Å². The molecule has 6 heteroatoms. The number of carboxylic acids is 1. The monoisotopic (exact) mass is 309 g/mol. The van der Waals surface area contributed by atoms with Crippen molar-refractivity contribution in [2.75, 3.05) is 11.4 Å². The molecule has 0 fully saturated rings. The first-order valence-electron chi connectivity index (χ1n) is 7.44. The summed E-state index contributed by atoms with van der Waals surface area (Å²) in [4.78, 5) is 21.6. The standard InChI is InChI=1S/C17H15N3O3/c1-10-13(16(21)22)8-18-17(19-10)20-7-6-12-11-4-2-3-5-14(11)23-15(12)9-20/h2-5,8H,6-7,9H2,1H3,(H,21,22). The minimum absolute atomic E-state index is 0.134. The summed E-state index contributed by atoms with van der Waals surface area (Å²) in [5.74, 6) is 0.465. The van der Waals surface area contributed by atoms with Crippen molar-refractivity contribution in [3.8, 4) is 0 Å². The quantitative estimate of drug-likeness (QED) is 0.784. The molecule has 0 radical (unpaired) electrons. The third-order valence-electron chi connectivity index (χ3n) is 4.23. The first-order chi connectivity index (χ1) is 11.1. The summed E-state index contributed by atoms with van der Waals surface area (Å²) in [6.45, 7) is 3.06. The molecule has 0 amide bonds. The molecule has 0 bridgehead atoms. The minimum Gasteiger partial charge on any atom is -0.478 e. The van der Waals surface area contributed by atoms with E-state index in [-0.39, 0.29) is 5.56 Å². The Morgan fingerprint density at radius 2 is 2.17 bits per heavy atom. The number of para-hydroxylation sites is 1. The van der Waals surface area contributed by atoms with Gasteiger partial charge in [-0.2, -0.15) is 0 Å². The van der Waals surface area contributed by atoms with Gasteiger partial charge in [-0.05, 0) is 19.4 Å². The summed E-state index contributed by atoms with van der Waals surface area (Å²) >= 11 is 0. The Morgan fingerprint density at radius 1 is 1.35 bits per heavy atom. The van der Waals surface area contributed by atoms with Crippen LogP contribution in [0.4, 0.5) is 5.95 Å². The molecule has 0 aliphatic carbocycles. The fourth-order valence-corrected chi connectivity index (χ4v) is 3.04. The van der Waals surface area contributed by atoms with Gasteiger partial charge in [0, 0.05) is 23.7 Å². The zero-order valence-electron chi connectivity index (χ0n) is 12.6. The molecule has 0 spiro atoms. The molecule has 116 valence electrons. The molecule has 2 aromatic heterocycles. The van der Waals surface area contributed by atoms with E-state index in [2.05, 4.69) is 16.0 Å². The van der Waals surface area contributed by atoms with Gasteiger partial charge in [0.05, 0.1) is 17.8 Å². The van der Waals surface area contributed by atoms with E-state index in [4.69, 9.17) is 9.52 Å². The smallest absolute Gasteiger partial charge is 0.339 e. The molecule has 4 rings (SSSR count). The number of rotatable bonds is 2. The molecule has 0 saturated heterocycles. The van der Waals surface area contributed by atoms with Crippen LogP contribution in [0.3, 0.4) is 0 Å². The third-order valence-corrected chi connectivity index (χ3v) is 4.23. The number of aromatic nitrogens is 2. The Labute approximate surface area is 132 Å². The predicted octanol–water partition coefficient (Wildman–Crippen LogP) is 2.79. The molecule has 6 nitrogen and oxygen atoms in total. The van der Waals surface area contributed by atoms with E-state index >= 15 is 0 Å². The average Bonchev–Trinajstić information content (AvgIpc) is 2.92. The topological polar surface area (TPSA) is 79.5 Å². The van der Waals surface area contributed by atoms with Gasteiger partial charge in [-0.15, -0.1) is 0 Å². The number of hydrogen-bond acceptors (Lipinski definition) is 5. The molecule has 23 heavy (non-hydrogen) atoms. The van der Waals surface area contributed by atoms with Gasteiger partial charge >= 0.3 is 5.97 Å². The summed E-state index contributed by atoms with van der Waals surface area (Å²) in [5, 5.41) is 10.2. The zero-order valence-corrected chi connectivity index (χ0v) is 12.6. The van der Waals surface area contributed by atoms with E-state index in [0.717, 1.165) is 24.3 Å². The lowest BCUT2D eigenvalue weighted by atomic mass is 10.0. The van der Waals surface area contributed by atoms with Gasteiger partial charge in [-0.3, -0.25) is 0 Å². The fraction of sp³-hybridized carbons (Fsp3) is 0.235. The predicted molar refractivity (Wildman–Crippen MR) is 84.7 cm³/mol. The normalized spacial score (nSPS) is 14.0. The number of carbonyl (C=O) groups is 1. The molecule has 1 aromatic carbocycles. The van der Waals surface area contributed by atoms with Gasteiger partial charge in [0.2, 0.25) is 5.95 Å². The fourth-order valence-electron chi connectivity index (χ4n) is 3.04. The van der Waals surface area contributed by atoms with Gasteiger partial charge in [0.15, 0.2) is 0 Å². The molecule has 3 heterocycles. The number of hydrogen-bond donors (Lipinski definition) is 1. The van der Waals surface area contributed by atoms with Gasteiger partial charge in [-0.1, -0.05) is 18.2 Å². The summed E-state index contributed by atoms with van der Waals surface area (Å²) in [7, 11) is 0. The second-order valence-corrected chi connectivity index (χ2v) is 5.65. The van der Waals surface area contributed by atoms with Gasteiger partial charge in [-0.25, -0.2) is 14.8 Å². The SMILES string of the molecule is Cc1nc(N2CCc3c(oc4ccccc34)C2)ncc1C(=O)O. The molecular weight excluding hydrogens is 294 g/mol. The molecule has 1 aliphatic heterocycles. The molecule has 0 saturated carbocycles. The van der Waals surface area contributed by atoms with Crippen LogP contribution in [0, 0.1) is 6.92 Å². The van der Waals surface area contributed by atoms with Crippen molar-refractivity contribution >= 4 is 22.9 Å². The highest BCUT2D eigenvalue weighted by Crippen LogP contribution is 2.31. The minimum atomic E-state index is -1.01. The number of aryl methyl sites for hydroxylation is 1. The second kappa shape index (κ2) is 5.08. The van der Waals surface area contributed by atoms with Crippen LogP contribution in [-0.4, -0.2) is 27.6 Å². The van der Waals surface area contributed by atoms with Crippen LogP contribution >= 0.6 is 0 Å². The number of anilines is 1. The number of nitrogens with zero attached hydrogens (tertiary/aromatic N) is 3.